The van der Waals surface area contributed by atoms with Crippen LogP contribution in [0.3, 0.4) is 0 Å². The molecule has 0 saturated carbocycles. The molecule has 97 heavy (non-hydrogen) atoms. The second-order valence-electron chi connectivity index (χ2n) is 15.2. The maximum Gasteiger partial charge on any atom is 0.0208 e. The van der Waals surface area contributed by atoms with Crippen molar-refractivity contribution in [1.82, 2.24) is 80.4 Å². The molecular weight excluding hydrogens is 1200 g/mol. The first-order valence-electron chi connectivity index (χ1n) is 31.1. The second kappa shape index (κ2) is 87.0. The average molecular weight is 1340 g/mol. The van der Waals surface area contributed by atoms with E-state index in [2.05, 4.69) is 105 Å². The molecule has 16 nitrogen and oxygen atoms in total. The molecule has 0 atom stereocenters. The Labute approximate surface area is 597 Å². The normalized spacial score (nSPS) is 7.62. The smallest absolute Gasteiger partial charge is 0.0208 e. The largest absolute Gasteiger partial charge is 0.668 e. The molecule has 13 rings (SSSR count). The van der Waals surface area contributed by atoms with E-state index in [9.17, 15) is 0 Å². The lowest BCUT2D eigenvalue weighted by atomic mass is 10.2. The molecule has 0 radical (unpaired) electrons. The molecule has 558 valence electrons. The third-order valence-electron chi connectivity index (χ3n) is 9.37. The number of hydrogen-bond acceptors (Lipinski definition) is 7. The minimum Gasteiger partial charge on any atom is -0.668 e. The number of rotatable bonds is 0. The van der Waals surface area contributed by atoms with Crippen molar-refractivity contribution in [3.63, 3.8) is 0 Å². The van der Waals surface area contributed by atoms with Crippen LogP contribution in [-0.2, 0) is 0 Å². The number of fused-ring (bicyclic) bond motifs is 4. The van der Waals surface area contributed by atoms with Gasteiger partial charge in [0.1, 0.15) is 0 Å². The van der Waals surface area contributed by atoms with E-state index in [4.69, 9.17) is 0 Å². The number of aryl methyl sites for hydroxylation is 9. The van der Waals surface area contributed by atoms with E-state index in [1.807, 2.05) is 283 Å². The summed E-state index contributed by atoms with van der Waals surface area (Å²) in [4.78, 5) is 39.7. The van der Waals surface area contributed by atoms with Crippen molar-refractivity contribution in [3.8, 4) is 0 Å². The van der Waals surface area contributed by atoms with E-state index in [1.54, 1.807) is 37.9 Å². The first-order chi connectivity index (χ1) is 42.9. The van der Waals surface area contributed by atoms with E-state index < -0.39 is 0 Å². The number of imidazole rings is 3. The Morgan fingerprint density at radius 2 is 0.866 bits per heavy atom. The molecule has 0 fully saturated rings. The van der Waals surface area contributed by atoms with Gasteiger partial charge >= 0.3 is 0 Å². The maximum atomic E-state index is 4.31. The lowest BCUT2D eigenvalue weighted by Crippen LogP contribution is -1.72. The van der Waals surface area contributed by atoms with E-state index >= 15 is 0 Å². The van der Waals surface area contributed by atoms with Crippen LogP contribution in [0, 0.1) is 62.3 Å². The van der Waals surface area contributed by atoms with Crippen molar-refractivity contribution in [1.29, 1.82) is 0 Å². The Bertz CT molecular complexity index is 2910. The van der Waals surface area contributed by atoms with E-state index in [1.165, 1.54) is 28.8 Å². The third-order valence-corrected chi connectivity index (χ3v) is 9.37. The summed E-state index contributed by atoms with van der Waals surface area (Å²) in [7, 11) is 0. The fraction of sp³-hybridized carbons (Fsp3) is 0.444. The topological polar surface area (TPSA) is 217 Å². The summed E-state index contributed by atoms with van der Waals surface area (Å²) in [6.45, 7) is 53.4. The highest BCUT2D eigenvalue weighted by atomic mass is 15.2. The molecule has 0 amide bonds. The van der Waals surface area contributed by atoms with Crippen LogP contribution in [0.1, 0.15) is 243 Å². The standard InChI is InChI=1S/2C9H8N.2C8H7N2.C5H6N.3C4H5N2.C3H4N3.9C2H6.9CH4/c1-7-9-5-3-2-4-8(9)6-10-7;1-7-6-8-4-2-3-5-9(8)10-7;1-6-9-7-4-2-3-5-8(7)10-6;1-6-7-4-2-3-5-8(7)10-9-6;1-5-3-2-4-6-5;1-4-2-5-3-6-4;1-4-5-2-3-6-4;1-4-2-3-5-6-4;1-3-4-2-5-6-3;9*1-2;;;;;;;;;/h2*2-6H,1H3;2*2-5H,1H3;2-4H,1H3;3*2-3H,1H3;2H,1H3;9*1-2H3;9*1H4/q9*-1;;;;;;;;;;;;;;;;;;. The number of nitrogens with zero attached hydrogens (tertiary/aromatic N) is 16. The van der Waals surface area contributed by atoms with Crippen LogP contribution in [0.15, 0.2) is 171 Å². The molecule has 0 saturated heterocycles. The Kier molecular flexibility index (Phi) is 109. The molecule has 0 aliphatic carbocycles. The SMILES string of the molecule is C.C.C.C.C.C.C.C.C.CC.CC.CC.CC.CC.CC.CC.CC.CC.Cc1[n-]cc2ccccc12.Cc1c[n-]cn1.Cc1cc2ccccc2[n-]1.Cc1cc[n-]n1.Cc1ccc[n-]1.Cc1n[n-]c2ccccc12.Cc1nc2ccccc2[n-]1.Cc1ncc[n-]1.Cc1nnc[n-]1. The zero-order chi connectivity index (χ0) is 67.9. The monoisotopic (exact) mass is 1340 g/mol. The fourth-order valence-corrected chi connectivity index (χ4v) is 5.95. The highest BCUT2D eigenvalue weighted by Crippen LogP contribution is 2.16. The lowest BCUT2D eigenvalue weighted by molar-refractivity contribution is 1.02. The molecular formula is C81H145N16-9. The van der Waals surface area contributed by atoms with Gasteiger partial charge in [-0.1, -0.05) is 376 Å². The van der Waals surface area contributed by atoms with E-state index in [0.717, 1.165) is 79.1 Å². The van der Waals surface area contributed by atoms with Crippen molar-refractivity contribution in [2.24, 2.45) is 0 Å². The highest BCUT2D eigenvalue weighted by molar-refractivity contribution is 5.84. The summed E-state index contributed by atoms with van der Waals surface area (Å²) in [6, 6.07) is 40.1. The van der Waals surface area contributed by atoms with Gasteiger partial charge in [0, 0.05) is 11.4 Å². The van der Waals surface area contributed by atoms with E-state index in [0.29, 0.717) is 0 Å². The summed E-state index contributed by atoms with van der Waals surface area (Å²) < 4.78 is 0. The molecule has 0 bridgehead atoms. The number of benzene rings is 4. The summed E-state index contributed by atoms with van der Waals surface area (Å²) >= 11 is 0. The first kappa shape index (κ1) is 122. The summed E-state index contributed by atoms with van der Waals surface area (Å²) in [5.74, 6) is 2.42. The molecule has 4 aromatic carbocycles. The molecule has 0 aliphatic heterocycles. The zero-order valence-corrected chi connectivity index (χ0v) is 58.8. The summed E-state index contributed by atoms with van der Waals surface area (Å²) in [5, 5.41) is 27.1. The summed E-state index contributed by atoms with van der Waals surface area (Å²) in [6.07, 6.45) is 13.4. The van der Waals surface area contributed by atoms with Gasteiger partial charge in [0.15, 0.2) is 0 Å². The first-order valence-corrected chi connectivity index (χ1v) is 31.1. The Balaban J connectivity index is -0.0000000643. The van der Waals surface area contributed by atoms with Gasteiger partial charge in [-0.3, -0.25) is 0 Å². The van der Waals surface area contributed by atoms with Gasteiger partial charge in [0.05, 0.1) is 0 Å². The molecule has 0 unspecified atom stereocenters. The van der Waals surface area contributed by atoms with E-state index in [-0.39, 0.29) is 66.8 Å². The molecule has 9 aromatic heterocycles. The minimum absolute atomic E-state index is 0. The van der Waals surface area contributed by atoms with Crippen LogP contribution in [0.5, 0.6) is 0 Å². The van der Waals surface area contributed by atoms with Crippen LogP contribution in [0.2, 0.25) is 0 Å². The van der Waals surface area contributed by atoms with Gasteiger partial charge in [0.25, 0.3) is 0 Å². The predicted octanol–water partition coefficient (Wildman–Crippen LogP) is 23.9. The predicted molar refractivity (Wildman–Crippen MR) is 438 cm³/mol. The van der Waals surface area contributed by atoms with Gasteiger partial charge in [-0.05, 0) is 86.3 Å². The molecule has 0 aliphatic rings. The number of aromatic nitrogens is 16. The van der Waals surface area contributed by atoms with Gasteiger partial charge in [-0.2, -0.15) is 35.7 Å². The third kappa shape index (κ3) is 58.1. The quantitative estimate of drug-likeness (QED) is 0.138. The van der Waals surface area contributed by atoms with Crippen LogP contribution < -0.4 is 45.1 Å². The number of para-hydroxylation sites is 3. The molecule has 9 heterocycles. The highest BCUT2D eigenvalue weighted by Gasteiger charge is 1.89. The summed E-state index contributed by atoms with van der Waals surface area (Å²) in [5.41, 5.74) is 10.3. The average Bonchev–Trinajstić information content (AvgIpc) is 3.03. The number of hydrogen-bond donors (Lipinski definition) is 0. The van der Waals surface area contributed by atoms with Crippen molar-refractivity contribution >= 4 is 43.6 Å². The molecule has 13 aromatic rings. The van der Waals surface area contributed by atoms with Crippen LogP contribution in [0.25, 0.3) is 43.6 Å². The van der Waals surface area contributed by atoms with Gasteiger partial charge < -0.3 is 80.4 Å². The molecule has 0 spiro atoms. The molecule has 16 heteroatoms. The van der Waals surface area contributed by atoms with Crippen LogP contribution >= 0.6 is 0 Å². The second-order valence-corrected chi connectivity index (χ2v) is 15.2. The zero-order valence-electron chi connectivity index (χ0n) is 58.8. The lowest BCUT2D eigenvalue weighted by Gasteiger charge is -1.97. The Morgan fingerprint density at radius 3 is 1.21 bits per heavy atom. The van der Waals surface area contributed by atoms with Gasteiger partial charge in [-0.15, -0.1) is 11.0 Å². The Morgan fingerprint density at radius 1 is 0.351 bits per heavy atom. The fourth-order valence-electron chi connectivity index (χ4n) is 5.95. The maximum absolute atomic E-state index is 4.31. The minimum atomic E-state index is 0. The van der Waals surface area contributed by atoms with Crippen LogP contribution in [-0.4, -0.2) is 35.3 Å². The van der Waals surface area contributed by atoms with Crippen LogP contribution in [0.4, 0.5) is 0 Å². The van der Waals surface area contributed by atoms with Crippen molar-refractivity contribution in [3.05, 3.63) is 223 Å². The van der Waals surface area contributed by atoms with Crippen molar-refractivity contribution in [2.75, 3.05) is 0 Å². The molecule has 0 N–H and O–H groups in total. The Hall–Kier alpha value is -9.05. The van der Waals surface area contributed by atoms with Crippen molar-refractivity contribution in [2.45, 2.75) is 254 Å². The van der Waals surface area contributed by atoms with Gasteiger partial charge in [0.2, 0.25) is 0 Å². The van der Waals surface area contributed by atoms with Gasteiger partial charge in [-0.25, -0.2) is 0 Å². The van der Waals surface area contributed by atoms with Crippen molar-refractivity contribution < 1.29 is 0 Å².